The molecule has 0 bridgehead atoms. The molecule has 1 rings (SSSR count). The third-order valence-corrected chi connectivity index (χ3v) is 5.61. The maximum absolute atomic E-state index is 12.1. The molecule has 1 heterocycles. The van der Waals surface area contributed by atoms with E-state index in [0.29, 0.717) is 12.4 Å². The minimum Gasteiger partial charge on any atom is -0.318 e. The van der Waals surface area contributed by atoms with E-state index >= 15 is 0 Å². The van der Waals surface area contributed by atoms with E-state index in [0.717, 1.165) is 13.0 Å². The molecular formula is C9H18NO3PS. The Morgan fingerprint density at radius 1 is 1.67 bits per heavy atom. The van der Waals surface area contributed by atoms with Crippen LogP contribution in [0.1, 0.15) is 20.3 Å². The van der Waals surface area contributed by atoms with Crippen molar-refractivity contribution in [2.75, 3.05) is 25.6 Å². The van der Waals surface area contributed by atoms with Gasteiger partial charge in [0.2, 0.25) is 0 Å². The second-order valence-corrected chi connectivity index (χ2v) is 7.38. The fourth-order valence-electron chi connectivity index (χ4n) is 1.62. The highest BCUT2D eigenvalue weighted by molar-refractivity contribution is 8.13. The first kappa shape index (κ1) is 13.2. The van der Waals surface area contributed by atoms with Crippen LogP contribution in [-0.4, -0.2) is 41.4 Å². The molecule has 2 atom stereocenters. The Morgan fingerprint density at radius 2 is 2.33 bits per heavy atom. The standard InChI is InChI=1S/C9H18NO3PS/c1-8(7-15-9(2)11)10-5-4-6-13-14(10,3)12/h8H,4-7H2,1-3H3. The van der Waals surface area contributed by atoms with E-state index in [1.807, 2.05) is 11.6 Å². The molecule has 0 aromatic carbocycles. The van der Waals surface area contributed by atoms with Gasteiger partial charge in [-0.3, -0.25) is 9.36 Å². The SMILES string of the molecule is CC(=O)SCC(C)N1CCCOP1(C)=O. The molecule has 1 aliphatic heterocycles. The molecular weight excluding hydrogens is 233 g/mol. The summed E-state index contributed by atoms with van der Waals surface area (Å²) in [6, 6.07) is 0.120. The van der Waals surface area contributed by atoms with Crippen molar-refractivity contribution in [3.8, 4) is 0 Å². The molecule has 1 fully saturated rings. The number of hydrogen-bond acceptors (Lipinski definition) is 4. The normalized spacial score (nSPS) is 30.1. The molecule has 15 heavy (non-hydrogen) atoms. The van der Waals surface area contributed by atoms with E-state index < -0.39 is 7.52 Å². The summed E-state index contributed by atoms with van der Waals surface area (Å²) in [6.45, 7) is 6.57. The van der Waals surface area contributed by atoms with Gasteiger partial charge in [0.05, 0.1) is 6.61 Å². The minimum atomic E-state index is -2.60. The van der Waals surface area contributed by atoms with Gasteiger partial charge in [-0.15, -0.1) is 0 Å². The maximum atomic E-state index is 12.1. The van der Waals surface area contributed by atoms with Gasteiger partial charge in [-0.05, 0) is 13.3 Å². The molecule has 1 aliphatic rings. The number of rotatable bonds is 3. The highest BCUT2D eigenvalue weighted by atomic mass is 32.2. The zero-order chi connectivity index (χ0) is 11.5. The predicted octanol–water partition coefficient (Wildman–Crippen LogP) is 2.20. The number of carbonyl (C=O) groups is 1. The number of hydrogen-bond donors (Lipinski definition) is 0. The summed E-state index contributed by atoms with van der Waals surface area (Å²) < 4.78 is 19.2. The average molecular weight is 251 g/mol. The van der Waals surface area contributed by atoms with Crippen molar-refractivity contribution in [1.29, 1.82) is 0 Å². The zero-order valence-electron chi connectivity index (χ0n) is 9.43. The van der Waals surface area contributed by atoms with Crippen molar-refractivity contribution in [3.63, 3.8) is 0 Å². The van der Waals surface area contributed by atoms with Crippen molar-refractivity contribution < 1.29 is 13.9 Å². The van der Waals surface area contributed by atoms with Crippen LogP contribution in [0.5, 0.6) is 0 Å². The topological polar surface area (TPSA) is 46.6 Å². The third-order valence-electron chi connectivity index (χ3n) is 2.37. The van der Waals surface area contributed by atoms with Crippen LogP contribution >= 0.6 is 19.3 Å². The molecule has 4 nitrogen and oxygen atoms in total. The van der Waals surface area contributed by atoms with Gasteiger partial charge in [-0.25, -0.2) is 4.67 Å². The van der Waals surface area contributed by atoms with Gasteiger partial charge < -0.3 is 4.52 Å². The lowest BCUT2D eigenvalue weighted by Crippen LogP contribution is -2.36. The summed E-state index contributed by atoms with van der Waals surface area (Å²) in [7, 11) is -2.60. The van der Waals surface area contributed by atoms with Crippen LogP contribution in [0.15, 0.2) is 0 Å². The Hall–Kier alpha value is 0.170. The molecule has 6 heteroatoms. The molecule has 0 aliphatic carbocycles. The molecule has 0 aromatic rings. The lowest BCUT2D eigenvalue weighted by molar-refractivity contribution is -0.109. The van der Waals surface area contributed by atoms with E-state index in [9.17, 15) is 9.36 Å². The van der Waals surface area contributed by atoms with E-state index in [2.05, 4.69) is 0 Å². The number of carbonyl (C=O) groups excluding carboxylic acids is 1. The lowest BCUT2D eigenvalue weighted by Gasteiger charge is -2.36. The first-order valence-corrected chi connectivity index (χ1v) is 8.07. The number of nitrogens with zero attached hydrogens (tertiary/aromatic N) is 1. The summed E-state index contributed by atoms with van der Waals surface area (Å²) in [4.78, 5) is 10.8. The smallest absolute Gasteiger partial charge is 0.269 e. The Labute approximate surface area is 95.2 Å². The lowest BCUT2D eigenvalue weighted by atomic mass is 10.3. The van der Waals surface area contributed by atoms with Gasteiger partial charge >= 0.3 is 0 Å². The minimum absolute atomic E-state index is 0.103. The summed E-state index contributed by atoms with van der Waals surface area (Å²) >= 11 is 1.28. The quantitative estimate of drug-likeness (QED) is 0.720. The molecule has 0 radical (unpaired) electrons. The first-order chi connectivity index (χ1) is 6.93. The van der Waals surface area contributed by atoms with Gasteiger partial charge in [0.15, 0.2) is 5.12 Å². The van der Waals surface area contributed by atoms with Crippen molar-refractivity contribution in [1.82, 2.24) is 4.67 Å². The van der Waals surface area contributed by atoms with E-state index in [1.54, 1.807) is 13.6 Å². The van der Waals surface area contributed by atoms with Gasteiger partial charge in [-0.1, -0.05) is 11.8 Å². The van der Waals surface area contributed by atoms with Crippen LogP contribution in [0.2, 0.25) is 0 Å². The Morgan fingerprint density at radius 3 is 2.87 bits per heavy atom. The van der Waals surface area contributed by atoms with Crippen molar-refractivity contribution in [2.24, 2.45) is 0 Å². The van der Waals surface area contributed by atoms with E-state index in [4.69, 9.17) is 4.52 Å². The van der Waals surface area contributed by atoms with E-state index in [-0.39, 0.29) is 11.2 Å². The summed E-state index contributed by atoms with van der Waals surface area (Å²) in [5.74, 6) is 0.677. The van der Waals surface area contributed by atoms with Crippen molar-refractivity contribution in [2.45, 2.75) is 26.3 Å². The summed E-state index contributed by atoms with van der Waals surface area (Å²) in [6.07, 6.45) is 0.910. The van der Waals surface area contributed by atoms with Gasteiger partial charge in [-0.2, -0.15) is 0 Å². The molecule has 2 unspecified atom stereocenters. The van der Waals surface area contributed by atoms with Crippen LogP contribution in [0.4, 0.5) is 0 Å². The second kappa shape index (κ2) is 5.48. The molecule has 0 spiro atoms. The maximum Gasteiger partial charge on any atom is 0.269 e. The largest absolute Gasteiger partial charge is 0.318 e. The van der Waals surface area contributed by atoms with Crippen LogP contribution in [0.25, 0.3) is 0 Å². The van der Waals surface area contributed by atoms with Gasteiger partial charge in [0, 0.05) is 31.9 Å². The summed E-state index contributed by atoms with van der Waals surface area (Å²) in [5, 5.41) is 0.103. The second-order valence-electron chi connectivity index (χ2n) is 3.80. The monoisotopic (exact) mass is 251 g/mol. The van der Waals surface area contributed by atoms with Gasteiger partial charge in [0.1, 0.15) is 0 Å². The fourth-order valence-corrected chi connectivity index (χ4v) is 4.30. The Balaban J connectivity index is 2.53. The average Bonchev–Trinajstić information content (AvgIpc) is 2.13. The molecule has 88 valence electrons. The van der Waals surface area contributed by atoms with Crippen LogP contribution < -0.4 is 0 Å². The Bertz CT molecular complexity index is 285. The third kappa shape index (κ3) is 3.91. The van der Waals surface area contributed by atoms with Crippen LogP contribution in [0, 0.1) is 0 Å². The summed E-state index contributed by atoms with van der Waals surface area (Å²) in [5.41, 5.74) is 0. The van der Waals surface area contributed by atoms with Crippen LogP contribution in [0.3, 0.4) is 0 Å². The highest BCUT2D eigenvalue weighted by Crippen LogP contribution is 2.50. The predicted molar refractivity (Wildman–Crippen MR) is 63.4 cm³/mol. The van der Waals surface area contributed by atoms with Gasteiger partial charge in [0.25, 0.3) is 7.52 Å². The van der Waals surface area contributed by atoms with Crippen molar-refractivity contribution in [3.05, 3.63) is 0 Å². The fraction of sp³-hybridized carbons (Fsp3) is 0.889. The number of thioether (sulfide) groups is 1. The Kier molecular flexibility index (Phi) is 4.84. The highest BCUT2D eigenvalue weighted by Gasteiger charge is 2.33. The van der Waals surface area contributed by atoms with E-state index in [1.165, 1.54) is 11.8 Å². The molecule has 1 saturated heterocycles. The molecule has 0 N–H and O–H groups in total. The van der Waals surface area contributed by atoms with Crippen LogP contribution in [-0.2, 0) is 13.9 Å². The first-order valence-electron chi connectivity index (χ1n) is 5.06. The van der Waals surface area contributed by atoms with Crippen molar-refractivity contribution >= 4 is 24.4 Å². The molecule has 0 saturated carbocycles. The molecule has 0 amide bonds. The zero-order valence-corrected chi connectivity index (χ0v) is 11.1. The molecule has 0 aromatic heterocycles.